The van der Waals surface area contributed by atoms with Gasteiger partial charge in [0.1, 0.15) is 0 Å². The molecule has 1 rings (SSSR count). The first-order valence-electron chi connectivity index (χ1n) is 2.13. The maximum Gasteiger partial charge on any atom is 0.0394 e. The normalized spacial score (nSPS) is 17.3. The smallest absolute Gasteiger partial charge is 0.0394 e. The Morgan fingerprint density at radius 3 is 2.83 bits per heavy atom. The summed E-state index contributed by atoms with van der Waals surface area (Å²) < 4.78 is 0. The molecule has 0 fully saturated rings. The molecular weight excluding hydrogens is 74.1 g/mol. The summed E-state index contributed by atoms with van der Waals surface area (Å²) >= 11 is 0. The van der Waals surface area contributed by atoms with Crippen molar-refractivity contribution in [2.24, 2.45) is 0 Å². The van der Waals surface area contributed by atoms with Gasteiger partial charge in [-0.1, -0.05) is 0 Å². The van der Waals surface area contributed by atoms with E-state index in [-0.39, 0.29) is 0 Å². The SMILES string of the molecule is C1=CCCNC=1. The third-order valence-corrected chi connectivity index (χ3v) is 0.736. The molecule has 0 bridgehead atoms. The average Bonchev–Trinajstić information content (AvgIpc) is 1.72. The van der Waals surface area contributed by atoms with E-state index in [1.165, 1.54) is 0 Å². The molecule has 1 heterocycles. The van der Waals surface area contributed by atoms with E-state index in [2.05, 4.69) is 11.0 Å². The van der Waals surface area contributed by atoms with Gasteiger partial charge in [0, 0.05) is 12.7 Å². The topological polar surface area (TPSA) is 12.0 Å². The molecule has 6 heavy (non-hydrogen) atoms. The van der Waals surface area contributed by atoms with Crippen LogP contribution in [0.2, 0.25) is 0 Å². The third kappa shape index (κ3) is 0.631. The van der Waals surface area contributed by atoms with Gasteiger partial charge in [0.05, 0.1) is 0 Å². The molecule has 0 atom stereocenters. The zero-order valence-electron chi connectivity index (χ0n) is 3.57. The van der Waals surface area contributed by atoms with E-state index in [4.69, 9.17) is 0 Å². The quantitative estimate of drug-likeness (QED) is 0.422. The lowest BCUT2D eigenvalue weighted by molar-refractivity contribution is 0.837. The molecule has 1 heteroatoms. The molecule has 1 aliphatic heterocycles. The van der Waals surface area contributed by atoms with Crippen molar-refractivity contribution < 1.29 is 0 Å². The largest absolute Gasteiger partial charge is 0.384 e. The molecule has 0 radical (unpaired) electrons. The summed E-state index contributed by atoms with van der Waals surface area (Å²) in [6.45, 7) is 1.08. The molecule has 0 aliphatic carbocycles. The Labute approximate surface area is 37.4 Å². The second kappa shape index (κ2) is 1.68. The lowest BCUT2D eigenvalue weighted by atomic mass is 10.4. The molecule has 0 saturated heterocycles. The molecule has 0 aromatic rings. The van der Waals surface area contributed by atoms with Gasteiger partial charge in [-0.05, 0) is 12.5 Å². The maximum absolute atomic E-state index is 3.02. The second-order valence-corrected chi connectivity index (χ2v) is 1.26. The van der Waals surface area contributed by atoms with Crippen LogP contribution in [0.25, 0.3) is 0 Å². The van der Waals surface area contributed by atoms with Crippen LogP contribution in [0.3, 0.4) is 0 Å². The predicted octanol–water partition coefficient (Wildman–Crippen LogP) is 0.649. The highest BCUT2D eigenvalue weighted by atomic mass is 14.8. The average molecular weight is 81.1 g/mol. The third-order valence-electron chi connectivity index (χ3n) is 0.736. The minimum absolute atomic E-state index is 1.08. The van der Waals surface area contributed by atoms with Crippen molar-refractivity contribution in [3.63, 3.8) is 0 Å². The van der Waals surface area contributed by atoms with E-state index in [0.29, 0.717) is 0 Å². The van der Waals surface area contributed by atoms with E-state index in [0.717, 1.165) is 13.0 Å². The Morgan fingerprint density at radius 2 is 2.67 bits per heavy atom. The Kier molecular flexibility index (Phi) is 0.984. The van der Waals surface area contributed by atoms with E-state index in [1.807, 2.05) is 12.3 Å². The van der Waals surface area contributed by atoms with E-state index < -0.39 is 0 Å². The van der Waals surface area contributed by atoms with Crippen LogP contribution in [0, 0.1) is 0 Å². The zero-order chi connectivity index (χ0) is 4.24. The lowest BCUT2D eigenvalue weighted by Crippen LogP contribution is -2.06. The molecule has 0 spiro atoms. The van der Waals surface area contributed by atoms with Crippen LogP contribution in [-0.4, -0.2) is 6.54 Å². The second-order valence-electron chi connectivity index (χ2n) is 1.26. The van der Waals surface area contributed by atoms with Gasteiger partial charge < -0.3 is 5.32 Å². The van der Waals surface area contributed by atoms with Crippen LogP contribution in [0.4, 0.5) is 0 Å². The van der Waals surface area contributed by atoms with Gasteiger partial charge in [0.15, 0.2) is 0 Å². The van der Waals surface area contributed by atoms with Gasteiger partial charge in [-0.15, -0.1) is 5.73 Å². The van der Waals surface area contributed by atoms with Crippen molar-refractivity contribution in [3.05, 3.63) is 18.0 Å². The molecule has 1 N–H and O–H groups in total. The van der Waals surface area contributed by atoms with Crippen LogP contribution >= 0.6 is 0 Å². The summed E-state index contributed by atoms with van der Waals surface area (Å²) in [6, 6.07) is 0. The summed E-state index contributed by atoms with van der Waals surface area (Å²) in [5, 5.41) is 3.02. The molecule has 0 amide bonds. The highest BCUT2D eigenvalue weighted by Crippen LogP contribution is 1.80. The first-order chi connectivity index (χ1) is 3.00. The maximum atomic E-state index is 3.02. The number of rotatable bonds is 0. The Bertz CT molecular complexity index is 80.1. The minimum atomic E-state index is 1.08. The first-order valence-corrected chi connectivity index (χ1v) is 2.13. The van der Waals surface area contributed by atoms with Gasteiger partial charge in [-0.25, -0.2) is 0 Å². The summed E-state index contributed by atoms with van der Waals surface area (Å²) in [7, 11) is 0. The van der Waals surface area contributed by atoms with Crippen LogP contribution in [0.15, 0.2) is 18.0 Å². The first kappa shape index (κ1) is 3.51. The molecule has 0 aromatic heterocycles. The molecule has 1 aliphatic rings. The molecular formula is C5H7N. The van der Waals surface area contributed by atoms with Crippen molar-refractivity contribution in [2.75, 3.05) is 6.54 Å². The molecule has 1 nitrogen and oxygen atoms in total. The highest BCUT2D eigenvalue weighted by Gasteiger charge is 1.77. The van der Waals surface area contributed by atoms with Gasteiger partial charge >= 0.3 is 0 Å². The molecule has 32 valence electrons. The standard InChI is InChI=1S/C5H7N/c1-2-4-6-5-3-1/h1,5-6H,2,4H2. The summed E-state index contributed by atoms with van der Waals surface area (Å²) in [4.78, 5) is 0. The van der Waals surface area contributed by atoms with Crippen LogP contribution in [-0.2, 0) is 0 Å². The number of hydrogen-bond acceptors (Lipinski definition) is 1. The zero-order valence-corrected chi connectivity index (χ0v) is 3.57. The van der Waals surface area contributed by atoms with Gasteiger partial charge in [-0.2, -0.15) is 0 Å². The Balaban J connectivity index is 2.53. The minimum Gasteiger partial charge on any atom is -0.384 e. The molecule has 0 saturated carbocycles. The van der Waals surface area contributed by atoms with Crippen molar-refractivity contribution in [2.45, 2.75) is 6.42 Å². The fourth-order valence-electron chi connectivity index (χ4n) is 0.429. The van der Waals surface area contributed by atoms with Crippen molar-refractivity contribution in [1.29, 1.82) is 0 Å². The van der Waals surface area contributed by atoms with Gasteiger partial charge in [0.2, 0.25) is 0 Å². The van der Waals surface area contributed by atoms with Crippen molar-refractivity contribution in [1.82, 2.24) is 5.32 Å². The van der Waals surface area contributed by atoms with E-state index >= 15 is 0 Å². The van der Waals surface area contributed by atoms with Crippen LogP contribution in [0.5, 0.6) is 0 Å². The summed E-state index contributed by atoms with van der Waals surface area (Å²) in [5.41, 5.74) is 2.92. The van der Waals surface area contributed by atoms with Gasteiger partial charge in [-0.3, -0.25) is 0 Å². The summed E-state index contributed by atoms with van der Waals surface area (Å²) in [6.07, 6.45) is 4.98. The Morgan fingerprint density at radius 1 is 1.67 bits per heavy atom. The number of nitrogens with one attached hydrogen (secondary N) is 1. The predicted molar refractivity (Wildman–Crippen MR) is 25.3 cm³/mol. The lowest BCUT2D eigenvalue weighted by Gasteiger charge is -1.95. The van der Waals surface area contributed by atoms with Crippen LogP contribution in [0.1, 0.15) is 6.42 Å². The monoisotopic (exact) mass is 81.1 g/mol. The fraction of sp³-hybridized carbons (Fsp3) is 0.400. The highest BCUT2D eigenvalue weighted by molar-refractivity contribution is 4.88. The Hall–Kier alpha value is -0.680. The van der Waals surface area contributed by atoms with Crippen molar-refractivity contribution >= 4 is 0 Å². The van der Waals surface area contributed by atoms with E-state index in [9.17, 15) is 0 Å². The van der Waals surface area contributed by atoms with Crippen LogP contribution < -0.4 is 5.32 Å². The fourth-order valence-corrected chi connectivity index (χ4v) is 0.429. The van der Waals surface area contributed by atoms with Crippen molar-refractivity contribution in [3.8, 4) is 0 Å². The van der Waals surface area contributed by atoms with Gasteiger partial charge in [0.25, 0.3) is 0 Å². The number of hydrogen-bond donors (Lipinski definition) is 1. The summed E-state index contributed by atoms with van der Waals surface area (Å²) in [5.74, 6) is 0. The van der Waals surface area contributed by atoms with E-state index in [1.54, 1.807) is 0 Å². The molecule has 0 unspecified atom stereocenters. The molecule has 0 aromatic carbocycles.